The van der Waals surface area contributed by atoms with Crippen LogP contribution in [-0.2, 0) is 4.79 Å². The van der Waals surface area contributed by atoms with E-state index in [1.165, 1.54) is 25.9 Å². The van der Waals surface area contributed by atoms with Crippen LogP contribution in [0.2, 0.25) is 0 Å². The van der Waals surface area contributed by atoms with Crippen molar-refractivity contribution < 1.29 is 4.79 Å². The van der Waals surface area contributed by atoms with Gasteiger partial charge in [-0.05, 0) is 51.1 Å². The van der Waals surface area contributed by atoms with Crippen molar-refractivity contribution >= 4 is 23.1 Å². The predicted molar refractivity (Wildman–Crippen MR) is 83.4 cm³/mol. The largest absolute Gasteiger partial charge is 0.392 e. The molecule has 2 saturated heterocycles. The molecule has 3 fully saturated rings. The number of hydrogen-bond acceptors (Lipinski definition) is 3. The molecule has 0 bridgehead atoms. The van der Waals surface area contributed by atoms with Crippen LogP contribution in [0.3, 0.4) is 0 Å². The quantitative estimate of drug-likeness (QED) is 0.799. The Balaban J connectivity index is 1.64. The van der Waals surface area contributed by atoms with Crippen LogP contribution in [0.5, 0.6) is 0 Å². The van der Waals surface area contributed by atoms with E-state index in [1.807, 2.05) is 4.90 Å². The highest BCUT2D eigenvalue weighted by Gasteiger charge is 2.53. The van der Waals surface area contributed by atoms with Crippen molar-refractivity contribution in [1.29, 1.82) is 0 Å². The van der Waals surface area contributed by atoms with E-state index in [-0.39, 0.29) is 5.91 Å². The Morgan fingerprint density at radius 2 is 1.90 bits per heavy atom. The fourth-order valence-electron chi connectivity index (χ4n) is 4.24. The molecule has 0 spiro atoms. The Hall–Kier alpha value is -0.680. The molecule has 112 valence electrons. The number of hydrogen-bond donors (Lipinski definition) is 1. The van der Waals surface area contributed by atoms with Gasteiger partial charge in [-0.1, -0.05) is 19.1 Å². The molecule has 3 rings (SSSR count). The number of carbonyl (C=O) groups excluding carboxylic acids is 1. The molecule has 1 amide bonds. The third kappa shape index (κ3) is 2.25. The molecule has 4 nitrogen and oxygen atoms in total. The van der Waals surface area contributed by atoms with Crippen LogP contribution in [0.25, 0.3) is 0 Å². The highest BCUT2D eigenvalue weighted by molar-refractivity contribution is 7.80. The molecule has 20 heavy (non-hydrogen) atoms. The van der Waals surface area contributed by atoms with E-state index < -0.39 is 5.41 Å². The van der Waals surface area contributed by atoms with E-state index in [0.29, 0.717) is 16.9 Å². The molecule has 2 heterocycles. The lowest BCUT2D eigenvalue weighted by atomic mass is 9.61. The van der Waals surface area contributed by atoms with Crippen molar-refractivity contribution in [2.45, 2.75) is 45.1 Å². The first-order valence-corrected chi connectivity index (χ1v) is 8.27. The average Bonchev–Trinajstić information content (AvgIpc) is 3.02. The topological polar surface area (TPSA) is 49.6 Å². The predicted octanol–water partition coefficient (Wildman–Crippen LogP) is 1.39. The molecule has 1 unspecified atom stereocenters. The Kier molecular flexibility index (Phi) is 3.75. The second kappa shape index (κ2) is 5.26. The zero-order chi connectivity index (χ0) is 14.3. The number of rotatable bonds is 3. The number of nitrogens with zero attached hydrogens (tertiary/aromatic N) is 2. The van der Waals surface area contributed by atoms with Crippen molar-refractivity contribution in [1.82, 2.24) is 9.80 Å². The molecule has 0 aromatic carbocycles. The lowest BCUT2D eigenvalue weighted by molar-refractivity contribution is -0.143. The van der Waals surface area contributed by atoms with E-state index in [0.717, 1.165) is 32.4 Å². The van der Waals surface area contributed by atoms with E-state index in [1.54, 1.807) is 0 Å². The van der Waals surface area contributed by atoms with Crippen molar-refractivity contribution in [3.8, 4) is 0 Å². The fourth-order valence-corrected chi connectivity index (χ4v) is 4.50. The monoisotopic (exact) mass is 295 g/mol. The highest BCUT2D eigenvalue weighted by atomic mass is 32.1. The summed E-state index contributed by atoms with van der Waals surface area (Å²) in [6, 6.07) is 0.558. The van der Waals surface area contributed by atoms with Gasteiger partial charge in [-0.15, -0.1) is 0 Å². The van der Waals surface area contributed by atoms with Crippen LogP contribution in [0.4, 0.5) is 0 Å². The Labute approximate surface area is 126 Å². The molecule has 0 radical (unpaired) electrons. The molecule has 5 heteroatoms. The lowest BCUT2D eigenvalue weighted by Gasteiger charge is -2.46. The van der Waals surface area contributed by atoms with E-state index in [2.05, 4.69) is 11.8 Å². The van der Waals surface area contributed by atoms with Crippen LogP contribution >= 0.6 is 12.2 Å². The van der Waals surface area contributed by atoms with E-state index in [9.17, 15) is 4.79 Å². The zero-order valence-corrected chi connectivity index (χ0v) is 13.1. The molecule has 0 aromatic rings. The summed E-state index contributed by atoms with van der Waals surface area (Å²) in [5.41, 5.74) is 5.37. The first-order chi connectivity index (χ1) is 9.53. The molecule has 3 aliphatic rings. The van der Waals surface area contributed by atoms with Crippen LogP contribution in [0.1, 0.15) is 39.0 Å². The standard InChI is InChI=1S/C15H25N3OS/c1-11-8-15(9-11,13(16)20)14(19)18-7-4-12(10-18)17-5-2-3-6-17/h11-12H,2-10H2,1H3,(H2,16,20). The van der Waals surface area contributed by atoms with E-state index >= 15 is 0 Å². The van der Waals surface area contributed by atoms with Gasteiger partial charge in [0.1, 0.15) is 0 Å². The van der Waals surface area contributed by atoms with Crippen LogP contribution < -0.4 is 5.73 Å². The summed E-state index contributed by atoms with van der Waals surface area (Å²) in [6.07, 6.45) is 5.39. The maximum absolute atomic E-state index is 12.8. The first-order valence-electron chi connectivity index (χ1n) is 7.86. The summed E-state index contributed by atoms with van der Waals surface area (Å²) in [7, 11) is 0. The molecule has 1 atom stereocenters. The maximum atomic E-state index is 12.8. The molecular formula is C15H25N3OS. The maximum Gasteiger partial charge on any atom is 0.235 e. The van der Waals surface area contributed by atoms with Gasteiger partial charge < -0.3 is 10.6 Å². The van der Waals surface area contributed by atoms with Gasteiger partial charge in [0.15, 0.2) is 0 Å². The molecular weight excluding hydrogens is 270 g/mol. The number of carbonyl (C=O) groups is 1. The fraction of sp³-hybridized carbons (Fsp3) is 0.867. The number of nitrogens with two attached hydrogens (primary N) is 1. The van der Waals surface area contributed by atoms with E-state index in [4.69, 9.17) is 18.0 Å². The van der Waals surface area contributed by atoms with Gasteiger partial charge in [0.2, 0.25) is 5.91 Å². The Morgan fingerprint density at radius 1 is 1.25 bits per heavy atom. The summed E-state index contributed by atoms with van der Waals surface area (Å²) in [4.78, 5) is 17.8. The van der Waals surface area contributed by atoms with Crippen LogP contribution in [0, 0.1) is 11.3 Å². The minimum absolute atomic E-state index is 0.199. The molecule has 1 aliphatic carbocycles. The number of thiocarbonyl (C=S) groups is 1. The molecule has 2 N–H and O–H groups in total. The smallest absolute Gasteiger partial charge is 0.235 e. The summed E-state index contributed by atoms with van der Waals surface area (Å²) in [5.74, 6) is 0.766. The highest BCUT2D eigenvalue weighted by Crippen LogP contribution is 2.47. The average molecular weight is 295 g/mol. The minimum atomic E-state index is -0.519. The van der Waals surface area contributed by atoms with Gasteiger partial charge in [-0.3, -0.25) is 9.69 Å². The zero-order valence-electron chi connectivity index (χ0n) is 12.3. The van der Waals surface area contributed by atoms with Crippen molar-refractivity contribution in [3.63, 3.8) is 0 Å². The second-order valence-corrected chi connectivity index (χ2v) is 7.34. The third-order valence-corrected chi connectivity index (χ3v) is 5.77. The lowest BCUT2D eigenvalue weighted by Crippen LogP contribution is -2.56. The normalized spacial score (nSPS) is 38.0. The van der Waals surface area contributed by atoms with Gasteiger partial charge >= 0.3 is 0 Å². The molecule has 0 aromatic heterocycles. The number of likely N-dealkylation sites (tertiary alicyclic amines) is 2. The molecule has 2 aliphatic heterocycles. The minimum Gasteiger partial charge on any atom is -0.392 e. The summed E-state index contributed by atoms with van der Waals surface area (Å²) < 4.78 is 0. The van der Waals surface area contributed by atoms with Gasteiger partial charge in [-0.2, -0.15) is 0 Å². The second-order valence-electron chi connectivity index (χ2n) is 6.90. The molecule has 1 saturated carbocycles. The van der Waals surface area contributed by atoms with Crippen LogP contribution in [0.15, 0.2) is 0 Å². The third-order valence-electron chi connectivity index (χ3n) is 5.38. The van der Waals surface area contributed by atoms with Gasteiger partial charge in [0.25, 0.3) is 0 Å². The van der Waals surface area contributed by atoms with Gasteiger partial charge in [-0.25, -0.2) is 0 Å². The van der Waals surface area contributed by atoms with Gasteiger partial charge in [0.05, 0.1) is 10.4 Å². The first kappa shape index (κ1) is 14.3. The van der Waals surface area contributed by atoms with Crippen molar-refractivity contribution in [3.05, 3.63) is 0 Å². The Morgan fingerprint density at radius 3 is 2.45 bits per heavy atom. The summed E-state index contributed by atoms with van der Waals surface area (Å²) >= 11 is 5.20. The SMILES string of the molecule is CC1CC(C(=O)N2CCC(N3CCCC3)C2)(C(N)=S)C1. The van der Waals surface area contributed by atoms with Gasteiger partial charge in [0, 0.05) is 19.1 Å². The number of amides is 1. The van der Waals surface area contributed by atoms with Crippen LogP contribution in [-0.4, -0.2) is 52.9 Å². The van der Waals surface area contributed by atoms with Crippen molar-refractivity contribution in [2.24, 2.45) is 17.1 Å². The Bertz CT molecular complexity index is 413. The summed E-state index contributed by atoms with van der Waals surface area (Å²) in [5, 5.41) is 0. The summed E-state index contributed by atoms with van der Waals surface area (Å²) in [6.45, 7) is 6.31. The van der Waals surface area contributed by atoms with Crippen molar-refractivity contribution in [2.75, 3.05) is 26.2 Å².